The van der Waals surface area contributed by atoms with Crippen molar-refractivity contribution in [3.05, 3.63) is 68.8 Å². The standard InChI is InChI=1S/C16H12N6O4S/c23-21(24)12-5-3-4-11(8-12)15-17-18-16-20(15)9-19(10-27-16)13-6-1-2-7-14(13)22(25)26/h1-8H,9-10H2. The number of nitro groups is 2. The zero-order chi connectivity index (χ0) is 19.0. The maximum Gasteiger partial charge on any atom is 0.292 e. The van der Waals surface area contributed by atoms with E-state index < -0.39 is 9.85 Å². The van der Waals surface area contributed by atoms with Gasteiger partial charge in [0.15, 0.2) is 11.0 Å². The van der Waals surface area contributed by atoms with Gasteiger partial charge in [-0.2, -0.15) is 0 Å². The fourth-order valence-corrected chi connectivity index (χ4v) is 3.76. The number of hydrogen-bond donors (Lipinski definition) is 0. The molecule has 4 rings (SSSR count). The molecule has 0 aliphatic carbocycles. The number of nitro benzene ring substituents is 2. The van der Waals surface area contributed by atoms with Gasteiger partial charge >= 0.3 is 0 Å². The van der Waals surface area contributed by atoms with Crippen LogP contribution >= 0.6 is 11.8 Å². The summed E-state index contributed by atoms with van der Waals surface area (Å²) in [5, 5.41) is 31.3. The van der Waals surface area contributed by atoms with Gasteiger partial charge in [0, 0.05) is 23.8 Å². The lowest BCUT2D eigenvalue weighted by atomic mass is 10.2. The van der Waals surface area contributed by atoms with Crippen LogP contribution in [-0.2, 0) is 6.67 Å². The van der Waals surface area contributed by atoms with Crippen LogP contribution in [0.3, 0.4) is 0 Å². The molecule has 3 aromatic rings. The number of aromatic nitrogens is 3. The highest BCUT2D eigenvalue weighted by atomic mass is 32.2. The molecule has 10 nitrogen and oxygen atoms in total. The van der Waals surface area contributed by atoms with Crippen molar-refractivity contribution in [3.8, 4) is 11.4 Å². The summed E-state index contributed by atoms with van der Waals surface area (Å²) in [5.74, 6) is 0.960. The van der Waals surface area contributed by atoms with E-state index in [1.165, 1.54) is 30.0 Å². The Labute approximate surface area is 156 Å². The fourth-order valence-electron chi connectivity index (χ4n) is 2.87. The summed E-state index contributed by atoms with van der Waals surface area (Å²) in [5.41, 5.74) is 1.04. The number of fused-ring (bicyclic) bond motifs is 1. The second-order valence-corrected chi connectivity index (χ2v) is 6.65. The molecule has 11 heteroatoms. The van der Waals surface area contributed by atoms with Gasteiger partial charge in [-0.05, 0) is 6.07 Å². The highest BCUT2D eigenvalue weighted by Crippen LogP contribution is 2.35. The van der Waals surface area contributed by atoms with Crippen LogP contribution in [0.5, 0.6) is 0 Å². The van der Waals surface area contributed by atoms with Gasteiger partial charge in [0.25, 0.3) is 11.4 Å². The average Bonchev–Trinajstić information content (AvgIpc) is 3.11. The van der Waals surface area contributed by atoms with Gasteiger partial charge in [-0.15, -0.1) is 10.2 Å². The van der Waals surface area contributed by atoms with Crippen molar-refractivity contribution in [2.45, 2.75) is 11.8 Å². The molecule has 0 fully saturated rings. The van der Waals surface area contributed by atoms with Gasteiger partial charge in [0.05, 0.1) is 22.4 Å². The number of hydrogen-bond acceptors (Lipinski definition) is 8. The lowest BCUT2D eigenvalue weighted by Gasteiger charge is -2.29. The van der Waals surface area contributed by atoms with Gasteiger partial charge in [-0.1, -0.05) is 36.0 Å². The Bertz CT molecular complexity index is 1050. The van der Waals surface area contributed by atoms with Crippen LogP contribution < -0.4 is 4.90 Å². The van der Waals surface area contributed by atoms with Gasteiger partial charge in [-0.25, -0.2) is 0 Å². The van der Waals surface area contributed by atoms with E-state index in [9.17, 15) is 20.2 Å². The van der Waals surface area contributed by atoms with Crippen molar-refractivity contribution in [3.63, 3.8) is 0 Å². The van der Waals surface area contributed by atoms with Crippen LogP contribution in [-0.4, -0.2) is 30.5 Å². The maximum absolute atomic E-state index is 11.3. The van der Waals surface area contributed by atoms with Crippen LogP contribution in [0.4, 0.5) is 17.1 Å². The van der Waals surface area contributed by atoms with Crippen LogP contribution in [0.15, 0.2) is 53.7 Å². The van der Waals surface area contributed by atoms with Crippen molar-refractivity contribution >= 4 is 28.8 Å². The Morgan fingerprint density at radius 2 is 1.81 bits per heavy atom. The van der Waals surface area contributed by atoms with Gasteiger partial charge in [0.1, 0.15) is 5.69 Å². The van der Waals surface area contributed by atoms with E-state index >= 15 is 0 Å². The minimum atomic E-state index is -0.467. The lowest BCUT2D eigenvalue weighted by Crippen LogP contribution is -2.31. The number of nitrogens with zero attached hydrogens (tertiary/aromatic N) is 6. The van der Waals surface area contributed by atoms with Crippen LogP contribution in [0.25, 0.3) is 11.4 Å². The predicted molar refractivity (Wildman–Crippen MR) is 98.4 cm³/mol. The molecule has 2 heterocycles. The van der Waals surface area contributed by atoms with Crippen LogP contribution in [0, 0.1) is 20.2 Å². The number of para-hydroxylation sites is 2. The number of benzene rings is 2. The largest absolute Gasteiger partial charge is 0.338 e. The fraction of sp³-hybridized carbons (Fsp3) is 0.125. The molecule has 0 saturated carbocycles. The molecule has 136 valence electrons. The van der Waals surface area contributed by atoms with Crippen LogP contribution in [0.2, 0.25) is 0 Å². The molecule has 0 atom stereocenters. The molecule has 1 aliphatic rings. The quantitative estimate of drug-likeness (QED) is 0.496. The van der Waals surface area contributed by atoms with Crippen molar-refractivity contribution < 1.29 is 9.85 Å². The molecule has 0 radical (unpaired) electrons. The zero-order valence-corrected chi connectivity index (χ0v) is 14.6. The summed E-state index contributed by atoms with van der Waals surface area (Å²) in [6, 6.07) is 12.7. The third kappa shape index (κ3) is 3.08. The number of rotatable bonds is 4. The summed E-state index contributed by atoms with van der Waals surface area (Å²) >= 11 is 1.40. The Morgan fingerprint density at radius 3 is 2.59 bits per heavy atom. The molecule has 0 spiro atoms. The summed E-state index contributed by atoms with van der Waals surface area (Å²) in [6.45, 7) is 0.304. The summed E-state index contributed by atoms with van der Waals surface area (Å²) in [4.78, 5) is 23.3. The molecule has 27 heavy (non-hydrogen) atoms. The molecule has 0 saturated heterocycles. The lowest BCUT2D eigenvalue weighted by molar-refractivity contribution is -0.384. The van der Waals surface area contributed by atoms with Crippen molar-refractivity contribution in [1.82, 2.24) is 14.8 Å². The van der Waals surface area contributed by atoms with E-state index in [2.05, 4.69) is 10.2 Å². The number of anilines is 1. The topological polar surface area (TPSA) is 120 Å². The van der Waals surface area contributed by atoms with E-state index in [4.69, 9.17) is 0 Å². The molecule has 0 amide bonds. The summed E-state index contributed by atoms with van der Waals surface area (Å²) in [6.07, 6.45) is 0. The van der Waals surface area contributed by atoms with Gasteiger partial charge in [-0.3, -0.25) is 24.8 Å². The SMILES string of the molecule is O=[N+]([O-])c1cccc(-c2nnc3n2CN(c2ccccc2[N+](=O)[O-])CS3)c1. The summed E-state index contributed by atoms with van der Waals surface area (Å²) < 4.78 is 1.80. The third-order valence-electron chi connectivity index (χ3n) is 4.11. The third-order valence-corrected chi connectivity index (χ3v) is 5.11. The number of thioether (sulfide) groups is 1. The Balaban J connectivity index is 1.72. The molecule has 1 aromatic heterocycles. The Hall–Kier alpha value is -3.47. The second kappa shape index (κ2) is 6.68. The van der Waals surface area contributed by atoms with E-state index in [0.717, 1.165) is 0 Å². The molecular weight excluding hydrogens is 372 g/mol. The zero-order valence-electron chi connectivity index (χ0n) is 13.8. The molecule has 2 aromatic carbocycles. The second-order valence-electron chi connectivity index (χ2n) is 5.74. The Morgan fingerprint density at radius 1 is 1.00 bits per heavy atom. The van der Waals surface area contributed by atoms with Crippen molar-refractivity contribution in [2.24, 2.45) is 0 Å². The summed E-state index contributed by atoms with van der Waals surface area (Å²) in [7, 11) is 0. The first-order valence-corrected chi connectivity index (χ1v) is 8.82. The van der Waals surface area contributed by atoms with Gasteiger partial charge in [0.2, 0.25) is 0 Å². The molecule has 1 aliphatic heterocycles. The molecule has 0 bridgehead atoms. The van der Waals surface area contributed by atoms with Crippen LogP contribution in [0.1, 0.15) is 0 Å². The first-order chi connectivity index (χ1) is 13.0. The minimum absolute atomic E-state index is 0.0199. The van der Waals surface area contributed by atoms with E-state index in [-0.39, 0.29) is 11.4 Å². The average molecular weight is 384 g/mol. The van der Waals surface area contributed by atoms with Crippen molar-refractivity contribution in [1.29, 1.82) is 0 Å². The molecule has 0 unspecified atom stereocenters. The minimum Gasteiger partial charge on any atom is -0.338 e. The molecule has 0 N–H and O–H groups in total. The predicted octanol–water partition coefficient (Wildman–Crippen LogP) is 3.29. The van der Waals surface area contributed by atoms with E-state index in [1.807, 2.05) is 4.90 Å². The van der Waals surface area contributed by atoms with E-state index in [1.54, 1.807) is 34.9 Å². The monoisotopic (exact) mass is 384 g/mol. The van der Waals surface area contributed by atoms with Crippen molar-refractivity contribution in [2.75, 3.05) is 10.8 Å². The number of non-ortho nitro benzene ring substituents is 1. The highest BCUT2D eigenvalue weighted by Gasteiger charge is 2.27. The maximum atomic E-state index is 11.3. The Kier molecular flexibility index (Phi) is 4.20. The first kappa shape index (κ1) is 17.0. The van der Waals surface area contributed by atoms with E-state index in [0.29, 0.717) is 34.8 Å². The normalized spacial score (nSPS) is 13.3. The smallest absolute Gasteiger partial charge is 0.292 e. The highest BCUT2D eigenvalue weighted by molar-refractivity contribution is 7.99. The first-order valence-electron chi connectivity index (χ1n) is 7.84. The molecular formula is C16H12N6O4S. The van der Waals surface area contributed by atoms with Gasteiger partial charge < -0.3 is 4.90 Å².